The first-order valence-corrected chi connectivity index (χ1v) is 7.31. The highest BCUT2D eigenvalue weighted by atomic mass is 79.9. The summed E-state index contributed by atoms with van der Waals surface area (Å²) in [5.41, 5.74) is 9.43. The molecule has 1 unspecified atom stereocenters. The van der Waals surface area contributed by atoms with Gasteiger partial charge in [0.15, 0.2) is 0 Å². The highest BCUT2D eigenvalue weighted by Gasteiger charge is 2.25. The van der Waals surface area contributed by atoms with Crippen LogP contribution in [0.25, 0.3) is 0 Å². The quantitative estimate of drug-likeness (QED) is 0.938. The smallest absolute Gasteiger partial charge is 0.0738 e. The highest BCUT2D eigenvalue weighted by Crippen LogP contribution is 2.28. The Bertz CT molecular complexity index is 558. The van der Waals surface area contributed by atoms with Crippen LogP contribution in [0.1, 0.15) is 30.8 Å². The fourth-order valence-corrected chi connectivity index (χ4v) is 2.73. The minimum Gasteiger partial charge on any atom is -0.321 e. The van der Waals surface area contributed by atoms with Gasteiger partial charge in [0.25, 0.3) is 0 Å². The number of halogens is 1. The highest BCUT2D eigenvalue weighted by molar-refractivity contribution is 9.10. The van der Waals surface area contributed by atoms with Crippen LogP contribution >= 0.6 is 15.9 Å². The van der Waals surface area contributed by atoms with Crippen molar-refractivity contribution in [3.8, 4) is 0 Å². The molecule has 1 aromatic heterocycles. The van der Waals surface area contributed by atoms with Crippen molar-refractivity contribution in [1.82, 2.24) is 9.78 Å². The molecule has 4 heteroatoms. The van der Waals surface area contributed by atoms with Crippen LogP contribution in [0.2, 0.25) is 0 Å². The molecule has 0 saturated carbocycles. The molecule has 102 valence electrons. The Morgan fingerprint density at radius 1 is 1.32 bits per heavy atom. The van der Waals surface area contributed by atoms with Crippen LogP contribution in [0.5, 0.6) is 0 Å². The van der Waals surface area contributed by atoms with Crippen molar-refractivity contribution < 1.29 is 0 Å². The molecule has 0 saturated heterocycles. The summed E-state index contributed by atoms with van der Waals surface area (Å²) in [4.78, 5) is 0. The maximum atomic E-state index is 6.51. The number of aromatic nitrogens is 2. The Morgan fingerprint density at radius 3 is 2.53 bits per heavy atom. The molecule has 2 aromatic rings. The van der Waals surface area contributed by atoms with E-state index in [0.29, 0.717) is 0 Å². The molecule has 0 bridgehead atoms. The molecule has 19 heavy (non-hydrogen) atoms. The zero-order chi connectivity index (χ0) is 14.0. The molecule has 0 fully saturated rings. The van der Waals surface area contributed by atoms with Crippen molar-refractivity contribution in [2.45, 2.75) is 39.3 Å². The summed E-state index contributed by atoms with van der Waals surface area (Å²) >= 11 is 3.63. The summed E-state index contributed by atoms with van der Waals surface area (Å²) in [6.07, 6.45) is 0.756. The van der Waals surface area contributed by atoms with E-state index in [9.17, 15) is 0 Å². The third-order valence-electron chi connectivity index (χ3n) is 3.42. The van der Waals surface area contributed by atoms with Gasteiger partial charge in [0.2, 0.25) is 0 Å². The Morgan fingerprint density at radius 2 is 1.95 bits per heavy atom. The fraction of sp³-hybridized carbons (Fsp3) is 0.400. The maximum absolute atomic E-state index is 6.51. The second kappa shape index (κ2) is 5.47. The number of rotatable bonds is 4. The molecule has 0 aliphatic carbocycles. The van der Waals surface area contributed by atoms with Gasteiger partial charge >= 0.3 is 0 Å². The van der Waals surface area contributed by atoms with Crippen molar-refractivity contribution >= 4 is 15.9 Å². The van der Waals surface area contributed by atoms with Gasteiger partial charge < -0.3 is 5.73 Å². The first-order chi connectivity index (χ1) is 8.95. The van der Waals surface area contributed by atoms with Crippen LogP contribution in [0.15, 0.2) is 34.8 Å². The molecular weight excluding hydrogens is 302 g/mol. The van der Waals surface area contributed by atoms with Crippen LogP contribution in [-0.4, -0.2) is 9.78 Å². The second-order valence-electron chi connectivity index (χ2n) is 5.12. The van der Waals surface area contributed by atoms with Gasteiger partial charge in [-0.05, 0) is 42.3 Å². The van der Waals surface area contributed by atoms with Gasteiger partial charge in [0.05, 0.1) is 15.9 Å². The number of nitrogens with zero attached hydrogens (tertiary/aromatic N) is 2. The lowest BCUT2D eigenvalue weighted by Crippen LogP contribution is -2.36. The predicted molar refractivity (Wildman–Crippen MR) is 82.0 cm³/mol. The van der Waals surface area contributed by atoms with Crippen LogP contribution < -0.4 is 5.73 Å². The molecule has 1 heterocycles. The van der Waals surface area contributed by atoms with Gasteiger partial charge in [0.1, 0.15) is 0 Å². The van der Waals surface area contributed by atoms with E-state index in [1.807, 2.05) is 29.8 Å². The van der Waals surface area contributed by atoms with Crippen LogP contribution in [0.4, 0.5) is 0 Å². The van der Waals surface area contributed by atoms with Gasteiger partial charge in [-0.25, -0.2) is 0 Å². The predicted octanol–water partition coefficient (Wildman–Crippen LogP) is 3.39. The van der Waals surface area contributed by atoms with E-state index in [1.165, 1.54) is 0 Å². The van der Waals surface area contributed by atoms with E-state index >= 15 is 0 Å². The van der Waals surface area contributed by atoms with E-state index < -0.39 is 5.54 Å². The van der Waals surface area contributed by atoms with E-state index in [0.717, 1.165) is 34.4 Å². The van der Waals surface area contributed by atoms with Crippen molar-refractivity contribution in [2.75, 3.05) is 0 Å². The molecule has 2 rings (SSSR count). The van der Waals surface area contributed by atoms with Crippen LogP contribution in [0.3, 0.4) is 0 Å². The van der Waals surface area contributed by atoms with Crippen molar-refractivity contribution in [3.05, 3.63) is 51.8 Å². The van der Waals surface area contributed by atoms with E-state index in [1.54, 1.807) is 0 Å². The van der Waals surface area contributed by atoms with Gasteiger partial charge in [-0.2, -0.15) is 5.10 Å². The van der Waals surface area contributed by atoms with Gasteiger partial charge in [0, 0.05) is 18.5 Å². The monoisotopic (exact) mass is 321 g/mol. The molecule has 2 N–H and O–H groups in total. The summed E-state index contributed by atoms with van der Waals surface area (Å²) in [7, 11) is 0. The first-order valence-electron chi connectivity index (χ1n) is 6.52. The molecule has 1 atom stereocenters. The summed E-state index contributed by atoms with van der Waals surface area (Å²) < 4.78 is 3.09. The Labute approximate surface area is 122 Å². The van der Waals surface area contributed by atoms with Crippen molar-refractivity contribution in [1.29, 1.82) is 0 Å². The third-order valence-corrected chi connectivity index (χ3v) is 4.45. The second-order valence-corrected chi connectivity index (χ2v) is 5.92. The van der Waals surface area contributed by atoms with E-state index in [-0.39, 0.29) is 0 Å². The van der Waals surface area contributed by atoms with Gasteiger partial charge in [-0.3, -0.25) is 4.68 Å². The zero-order valence-electron chi connectivity index (χ0n) is 11.7. The third kappa shape index (κ3) is 2.90. The topological polar surface area (TPSA) is 43.8 Å². The zero-order valence-corrected chi connectivity index (χ0v) is 13.2. The summed E-state index contributed by atoms with van der Waals surface area (Å²) in [6.45, 7) is 7.03. The normalized spacial score (nSPS) is 14.4. The van der Waals surface area contributed by atoms with Crippen molar-refractivity contribution in [3.63, 3.8) is 0 Å². The SMILES string of the molecule is CCn1nc(C)c(Br)c1CC(C)(N)c1ccccc1. The molecule has 1 aromatic carbocycles. The van der Waals surface area contributed by atoms with E-state index in [4.69, 9.17) is 5.73 Å². The molecular formula is C15H20BrN3. The summed E-state index contributed by atoms with van der Waals surface area (Å²) in [5.74, 6) is 0. The Kier molecular flexibility index (Phi) is 4.11. The average Bonchev–Trinajstić information content (AvgIpc) is 2.67. The number of hydrogen-bond acceptors (Lipinski definition) is 2. The molecule has 0 aliphatic rings. The van der Waals surface area contributed by atoms with E-state index in [2.05, 4.69) is 47.0 Å². The van der Waals surface area contributed by atoms with Crippen LogP contribution in [-0.2, 0) is 18.5 Å². The maximum Gasteiger partial charge on any atom is 0.0738 e. The standard InChI is InChI=1S/C15H20BrN3/c1-4-19-13(14(16)11(2)18-19)10-15(3,17)12-8-6-5-7-9-12/h5-9H,4,10,17H2,1-3H3. The Balaban J connectivity index is 2.35. The molecule has 3 nitrogen and oxygen atoms in total. The van der Waals surface area contributed by atoms with Crippen molar-refractivity contribution in [2.24, 2.45) is 5.73 Å². The average molecular weight is 322 g/mol. The number of hydrogen-bond donors (Lipinski definition) is 1. The lowest BCUT2D eigenvalue weighted by atomic mass is 9.88. The molecule has 0 amide bonds. The number of benzene rings is 1. The summed E-state index contributed by atoms with van der Waals surface area (Å²) in [6, 6.07) is 10.2. The Hall–Kier alpha value is -1.13. The lowest BCUT2D eigenvalue weighted by Gasteiger charge is -2.25. The molecule has 0 spiro atoms. The number of aryl methyl sites for hydroxylation is 2. The van der Waals surface area contributed by atoms with Gasteiger partial charge in [-0.1, -0.05) is 30.3 Å². The molecule has 0 radical (unpaired) electrons. The lowest BCUT2D eigenvalue weighted by molar-refractivity contribution is 0.463. The minimum atomic E-state index is -0.400. The fourth-order valence-electron chi connectivity index (χ4n) is 2.31. The molecule has 0 aliphatic heterocycles. The number of nitrogens with two attached hydrogens (primary N) is 1. The van der Waals surface area contributed by atoms with Crippen LogP contribution in [0, 0.1) is 6.92 Å². The minimum absolute atomic E-state index is 0.400. The van der Waals surface area contributed by atoms with Gasteiger partial charge in [-0.15, -0.1) is 0 Å². The first kappa shape index (κ1) is 14.3. The largest absolute Gasteiger partial charge is 0.321 e. The summed E-state index contributed by atoms with van der Waals surface area (Å²) in [5, 5.41) is 4.52.